The van der Waals surface area contributed by atoms with Gasteiger partial charge in [0.2, 0.25) is 0 Å². The molecule has 1 heterocycles. The van der Waals surface area contributed by atoms with Crippen molar-refractivity contribution in [1.29, 1.82) is 0 Å². The van der Waals surface area contributed by atoms with Gasteiger partial charge in [-0.3, -0.25) is 14.8 Å². The predicted octanol–water partition coefficient (Wildman–Crippen LogP) is 1.43. The highest BCUT2D eigenvalue weighted by Gasteiger charge is 2.24. The lowest BCUT2D eigenvalue weighted by molar-refractivity contribution is 0.0241. The van der Waals surface area contributed by atoms with Crippen LogP contribution < -0.4 is 16.0 Å². The molecule has 0 aliphatic rings. The zero-order valence-electron chi connectivity index (χ0n) is 15.9. The summed E-state index contributed by atoms with van der Waals surface area (Å²) in [5, 5.41) is 9.25. The van der Waals surface area contributed by atoms with E-state index in [0.717, 1.165) is 6.54 Å². The van der Waals surface area contributed by atoms with E-state index in [1.54, 1.807) is 31.6 Å². The van der Waals surface area contributed by atoms with Crippen LogP contribution in [0.3, 0.4) is 0 Å². The van der Waals surface area contributed by atoms with Crippen LogP contribution in [0.1, 0.15) is 38.1 Å². The first kappa shape index (κ1) is 20.9. The van der Waals surface area contributed by atoms with Gasteiger partial charge in [0.25, 0.3) is 5.91 Å². The van der Waals surface area contributed by atoms with Gasteiger partial charge in [-0.25, -0.2) is 0 Å². The molecule has 0 aliphatic carbocycles. The minimum Gasteiger partial charge on any atom is -0.379 e. The van der Waals surface area contributed by atoms with Crippen LogP contribution in [0.2, 0.25) is 0 Å². The lowest BCUT2D eigenvalue weighted by atomic mass is 9.89. The third kappa shape index (κ3) is 7.98. The average Bonchev–Trinajstić information content (AvgIpc) is 2.58. The van der Waals surface area contributed by atoms with Crippen molar-refractivity contribution < 1.29 is 9.53 Å². The molecule has 0 aromatic carbocycles. The Morgan fingerprint density at radius 1 is 1.28 bits per heavy atom. The number of hydrogen-bond acceptors (Lipinski definition) is 4. The zero-order valence-corrected chi connectivity index (χ0v) is 15.9. The minimum atomic E-state index is -0.135. The third-order valence-electron chi connectivity index (χ3n) is 3.64. The Hall–Kier alpha value is -2.15. The van der Waals surface area contributed by atoms with Crippen LogP contribution in [0, 0.1) is 5.41 Å². The monoisotopic (exact) mass is 349 g/mol. The maximum atomic E-state index is 11.9. The van der Waals surface area contributed by atoms with Gasteiger partial charge in [0.1, 0.15) is 0 Å². The molecule has 0 spiro atoms. The maximum absolute atomic E-state index is 11.9. The fourth-order valence-electron chi connectivity index (χ4n) is 2.17. The number of guanidine groups is 1. The average molecular weight is 349 g/mol. The van der Waals surface area contributed by atoms with Crippen LogP contribution in [0.15, 0.2) is 29.5 Å². The van der Waals surface area contributed by atoms with Crippen LogP contribution in [0.25, 0.3) is 0 Å². The lowest BCUT2D eigenvalue weighted by Crippen LogP contribution is -2.42. The van der Waals surface area contributed by atoms with Crippen molar-refractivity contribution in [2.75, 3.05) is 33.3 Å². The Balaban J connectivity index is 2.44. The molecule has 0 saturated heterocycles. The Bertz CT molecular complexity index is 540. The summed E-state index contributed by atoms with van der Waals surface area (Å²) in [5.41, 5.74) is 0.573. The summed E-state index contributed by atoms with van der Waals surface area (Å²) in [4.78, 5) is 20.4. The van der Waals surface area contributed by atoms with E-state index in [2.05, 4.69) is 46.7 Å². The molecule has 1 aromatic rings. The van der Waals surface area contributed by atoms with Crippen LogP contribution in [0.4, 0.5) is 0 Å². The van der Waals surface area contributed by atoms with Crippen molar-refractivity contribution in [3.8, 4) is 0 Å². The molecule has 3 N–H and O–H groups in total. The van der Waals surface area contributed by atoms with E-state index in [0.29, 0.717) is 31.2 Å². The van der Waals surface area contributed by atoms with Gasteiger partial charge in [0.15, 0.2) is 5.96 Å². The minimum absolute atomic E-state index is 0.0211. The first-order valence-corrected chi connectivity index (χ1v) is 8.61. The normalized spacial score (nSPS) is 13.2. The van der Waals surface area contributed by atoms with Crippen molar-refractivity contribution in [3.05, 3.63) is 30.1 Å². The Kier molecular flexibility index (Phi) is 8.91. The highest BCUT2D eigenvalue weighted by Crippen LogP contribution is 2.21. The summed E-state index contributed by atoms with van der Waals surface area (Å²) in [7, 11) is 1.71. The summed E-state index contributed by atoms with van der Waals surface area (Å²) in [6.07, 6.45) is 3.22. The molecule has 0 saturated carbocycles. The van der Waals surface area contributed by atoms with Gasteiger partial charge in [-0.2, -0.15) is 0 Å². The van der Waals surface area contributed by atoms with Crippen LogP contribution in [0.5, 0.6) is 0 Å². The topological polar surface area (TPSA) is 87.6 Å². The highest BCUT2D eigenvalue weighted by atomic mass is 16.5. The fourth-order valence-corrected chi connectivity index (χ4v) is 2.17. The number of amides is 1. The molecule has 7 heteroatoms. The van der Waals surface area contributed by atoms with E-state index < -0.39 is 0 Å². The molecule has 140 valence electrons. The van der Waals surface area contributed by atoms with E-state index in [1.807, 2.05) is 6.92 Å². The number of pyridine rings is 1. The summed E-state index contributed by atoms with van der Waals surface area (Å²) in [6, 6.07) is 3.48. The molecular formula is C18H31N5O2. The second kappa shape index (κ2) is 10.7. The largest absolute Gasteiger partial charge is 0.379 e. The summed E-state index contributed by atoms with van der Waals surface area (Å²) >= 11 is 0. The number of hydrogen-bond donors (Lipinski definition) is 3. The summed E-state index contributed by atoms with van der Waals surface area (Å²) in [6.45, 7) is 10.8. The molecule has 7 nitrogen and oxygen atoms in total. The molecule has 0 fully saturated rings. The number of aliphatic imine (C=N–C) groups is 1. The van der Waals surface area contributed by atoms with E-state index in [-0.39, 0.29) is 17.4 Å². The number of carbonyl (C=O) groups is 1. The lowest BCUT2D eigenvalue weighted by Gasteiger charge is -2.28. The Labute approximate surface area is 150 Å². The zero-order chi connectivity index (χ0) is 18.7. The Morgan fingerprint density at radius 2 is 2.00 bits per heavy atom. The number of ether oxygens (including phenoxy) is 1. The quantitative estimate of drug-likeness (QED) is 0.375. The van der Waals surface area contributed by atoms with E-state index in [1.165, 1.54) is 0 Å². The van der Waals surface area contributed by atoms with Crippen molar-refractivity contribution >= 4 is 11.9 Å². The van der Waals surface area contributed by atoms with Gasteiger partial charge in [0.05, 0.1) is 18.2 Å². The van der Waals surface area contributed by atoms with Gasteiger partial charge in [-0.05, 0) is 24.5 Å². The number of aromatic nitrogens is 1. The van der Waals surface area contributed by atoms with Crippen LogP contribution >= 0.6 is 0 Å². The summed E-state index contributed by atoms with van der Waals surface area (Å²) < 4.78 is 5.52. The van der Waals surface area contributed by atoms with E-state index >= 15 is 0 Å². The number of carbonyl (C=O) groups excluding carboxylic acids is 1. The molecule has 1 rings (SSSR count). The molecule has 1 aromatic heterocycles. The standard InChI is InChI=1S/C18H31N5O2/c1-6-20-17(23-13-15(25-5)18(2,3)4)22-11-10-21-16(24)14-8-7-9-19-12-14/h7-9,12,15H,6,10-11,13H2,1-5H3,(H,21,24)(H2,20,22,23). The van der Waals surface area contributed by atoms with Crippen molar-refractivity contribution in [1.82, 2.24) is 20.9 Å². The smallest absolute Gasteiger partial charge is 0.252 e. The first-order chi connectivity index (χ1) is 11.9. The molecule has 0 aliphatic heterocycles. The van der Waals surface area contributed by atoms with Crippen LogP contribution in [-0.4, -0.2) is 56.2 Å². The molecular weight excluding hydrogens is 318 g/mol. The molecule has 0 bridgehead atoms. The predicted molar refractivity (Wildman–Crippen MR) is 101 cm³/mol. The van der Waals surface area contributed by atoms with Gasteiger partial charge >= 0.3 is 0 Å². The molecule has 25 heavy (non-hydrogen) atoms. The summed E-state index contributed by atoms with van der Waals surface area (Å²) in [5.74, 6) is 0.577. The van der Waals surface area contributed by atoms with Gasteiger partial charge < -0.3 is 20.7 Å². The third-order valence-corrected chi connectivity index (χ3v) is 3.64. The molecule has 0 radical (unpaired) electrons. The molecule has 1 unspecified atom stereocenters. The highest BCUT2D eigenvalue weighted by molar-refractivity contribution is 5.93. The second-order valence-corrected chi connectivity index (χ2v) is 6.73. The number of nitrogens with one attached hydrogen (secondary N) is 3. The van der Waals surface area contributed by atoms with Gasteiger partial charge in [-0.1, -0.05) is 20.8 Å². The molecule has 1 atom stereocenters. The maximum Gasteiger partial charge on any atom is 0.252 e. The molecule has 1 amide bonds. The number of rotatable bonds is 8. The number of methoxy groups -OCH3 is 1. The number of nitrogens with zero attached hydrogens (tertiary/aromatic N) is 2. The van der Waals surface area contributed by atoms with Gasteiger partial charge in [0, 0.05) is 39.1 Å². The second-order valence-electron chi connectivity index (χ2n) is 6.73. The van der Waals surface area contributed by atoms with Gasteiger partial charge in [-0.15, -0.1) is 0 Å². The fraction of sp³-hybridized carbons (Fsp3) is 0.611. The van der Waals surface area contributed by atoms with E-state index in [4.69, 9.17) is 4.74 Å². The SMILES string of the molecule is CCNC(=NCC(OC)C(C)(C)C)NCCNC(=O)c1cccnc1. The van der Waals surface area contributed by atoms with Crippen molar-refractivity contribution in [3.63, 3.8) is 0 Å². The first-order valence-electron chi connectivity index (χ1n) is 8.61. The van der Waals surface area contributed by atoms with Crippen LogP contribution in [-0.2, 0) is 4.74 Å². The van der Waals surface area contributed by atoms with Crippen molar-refractivity contribution in [2.45, 2.75) is 33.8 Å². The van der Waals surface area contributed by atoms with E-state index in [9.17, 15) is 4.79 Å². The van der Waals surface area contributed by atoms with Crippen molar-refractivity contribution in [2.24, 2.45) is 10.4 Å². The Morgan fingerprint density at radius 3 is 2.56 bits per heavy atom.